The standard InChI is InChI=1S/C16H20FN3OS/c17-13-4-6-14(7-5-13)21-11-2-9-19-16(18)20-10-8-15-3-1-12-22-15/h1,3-7,12H,2,8-11H2,(H3,18,19,20). The van der Waals surface area contributed by atoms with E-state index in [1.165, 1.54) is 17.0 Å². The summed E-state index contributed by atoms with van der Waals surface area (Å²) in [6.45, 7) is 1.90. The third kappa shape index (κ3) is 6.13. The number of rotatable bonds is 8. The van der Waals surface area contributed by atoms with E-state index in [0.717, 1.165) is 19.4 Å². The molecule has 2 aromatic rings. The van der Waals surface area contributed by atoms with Crippen molar-refractivity contribution in [1.82, 2.24) is 5.32 Å². The highest BCUT2D eigenvalue weighted by Crippen LogP contribution is 2.11. The van der Waals surface area contributed by atoms with Crippen LogP contribution in [0, 0.1) is 5.82 Å². The molecule has 0 atom stereocenters. The van der Waals surface area contributed by atoms with Crippen LogP contribution in [-0.4, -0.2) is 25.7 Å². The molecular formula is C16H20FN3OS. The highest BCUT2D eigenvalue weighted by molar-refractivity contribution is 7.09. The monoisotopic (exact) mass is 321 g/mol. The first-order chi connectivity index (χ1) is 10.7. The van der Waals surface area contributed by atoms with Gasteiger partial charge in [0.1, 0.15) is 11.6 Å². The van der Waals surface area contributed by atoms with Gasteiger partial charge >= 0.3 is 0 Å². The first kappa shape index (κ1) is 16.3. The number of guanidine groups is 1. The van der Waals surface area contributed by atoms with Crippen LogP contribution in [0.25, 0.3) is 0 Å². The number of nitrogens with zero attached hydrogens (tertiary/aromatic N) is 1. The van der Waals surface area contributed by atoms with Crippen LogP contribution < -0.4 is 15.8 Å². The van der Waals surface area contributed by atoms with Crippen LogP contribution >= 0.6 is 11.3 Å². The molecule has 1 aromatic heterocycles. The smallest absolute Gasteiger partial charge is 0.188 e. The Kier molecular flexibility index (Phi) is 6.70. The number of halogens is 1. The summed E-state index contributed by atoms with van der Waals surface area (Å²) in [4.78, 5) is 5.56. The Bertz CT molecular complexity index is 570. The molecule has 0 aliphatic heterocycles. The minimum Gasteiger partial charge on any atom is -0.494 e. The van der Waals surface area contributed by atoms with Crippen molar-refractivity contribution in [3.8, 4) is 5.75 Å². The fourth-order valence-electron chi connectivity index (χ4n) is 1.81. The molecule has 22 heavy (non-hydrogen) atoms. The van der Waals surface area contributed by atoms with Crippen molar-refractivity contribution in [3.63, 3.8) is 0 Å². The molecule has 118 valence electrons. The Morgan fingerprint density at radius 1 is 1.27 bits per heavy atom. The second kappa shape index (κ2) is 9.04. The Morgan fingerprint density at radius 3 is 2.82 bits per heavy atom. The minimum atomic E-state index is -0.265. The van der Waals surface area contributed by atoms with Gasteiger partial charge in [-0.25, -0.2) is 4.39 Å². The van der Waals surface area contributed by atoms with E-state index in [0.29, 0.717) is 24.9 Å². The molecule has 0 radical (unpaired) electrons. The SMILES string of the molecule is NC(=NCCCOc1ccc(F)cc1)NCCc1cccs1. The zero-order valence-corrected chi connectivity index (χ0v) is 13.1. The topological polar surface area (TPSA) is 59.6 Å². The van der Waals surface area contributed by atoms with Crippen LogP contribution in [0.2, 0.25) is 0 Å². The van der Waals surface area contributed by atoms with E-state index in [4.69, 9.17) is 10.5 Å². The van der Waals surface area contributed by atoms with Crippen LogP contribution in [0.4, 0.5) is 4.39 Å². The van der Waals surface area contributed by atoms with Gasteiger partial charge in [0.05, 0.1) is 6.61 Å². The molecule has 6 heteroatoms. The Hall–Kier alpha value is -2.08. The van der Waals surface area contributed by atoms with Crippen molar-refractivity contribution in [2.75, 3.05) is 19.7 Å². The summed E-state index contributed by atoms with van der Waals surface area (Å²) >= 11 is 1.74. The molecule has 1 heterocycles. The molecule has 0 aliphatic rings. The number of benzene rings is 1. The quantitative estimate of drug-likeness (QED) is 0.446. The first-order valence-corrected chi connectivity index (χ1v) is 8.06. The molecule has 2 rings (SSSR count). The summed E-state index contributed by atoms with van der Waals surface area (Å²) in [5.74, 6) is 0.851. The number of nitrogens with two attached hydrogens (primary N) is 1. The van der Waals surface area contributed by atoms with Crippen molar-refractivity contribution in [2.24, 2.45) is 10.7 Å². The highest BCUT2D eigenvalue weighted by Gasteiger charge is 1.96. The van der Waals surface area contributed by atoms with Crippen LogP contribution in [0.5, 0.6) is 5.75 Å². The van der Waals surface area contributed by atoms with Gasteiger partial charge in [-0.3, -0.25) is 4.99 Å². The molecular weight excluding hydrogens is 301 g/mol. The van der Waals surface area contributed by atoms with Gasteiger partial charge in [0.2, 0.25) is 0 Å². The predicted molar refractivity (Wildman–Crippen MR) is 89.0 cm³/mol. The van der Waals surface area contributed by atoms with Crippen LogP contribution in [0.3, 0.4) is 0 Å². The lowest BCUT2D eigenvalue weighted by molar-refractivity contribution is 0.313. The molecule has 3 N–H and O–H groups in total. The van der Waals surface area contributed by atoms with Crippen molar-refractivity contribution in [3.05, 3.63) is 52.5 Å². The number of hydrogen-bond donors (Lipinski definition) is 2. The second-order valence-electron chi connectivity index (χ2n) is 4.68. The molecule has 0 spiro atoms. The zero-order chi connectivity index (χ0) is 15.6. The van der Waals surface area contributed by atoms with E-state index in [-0.39, 0.29) is 5.82 Å². The maximum atomic E-state index is 12.7. The van der Waals surface area contributed by atoms with E-state index in [9.17, 15) is 4.39 Å². The van der Waals surface area contributed by atoms with Gasteiger partial charge in [-0.2, -0.15) is 0 Å². The van der Waals surface area contributed by atoms with Crippen LogP contribution in [0.15, 0.2) is 46.8 Å². The average Bonchev–Trinajstić information content (AvgIpc) is 3.02. The Labute approximate surface area is 133 Å². The lowest BCUT2D eigenvalue weighted by atomic mass is 10.3. The molecule has 0 aliphatic carbocycles. The van der Waals surface area contributed by atoms with Gasteiger partial charge in [-0.05, 0) is 42.1 Å². The maximum absolute atomic E-state index is 12.7. The van der Waals surface area contributed by atoms with E-state index < -0.39 is 0 Å². The highest BCUT2D eigenvalue weighted by atomic mass is 32.1. The molecule has 0 saturated carbocycles. The normalized spacial score (nSPS) is 11.4. The third-order valence-electron chi connectivity index (χ3n) is 2.92. The summed E-state index contributed by atoms with van der Waals surface area (Å²) in [6, 6.07) is 10.1. The maximum Gasteiger partial charge on any atom is 0.188 e. The number of aliphatic imine (C=N–C) groups is 1. The predicted octanol–water partition coefficient (Wildman–Crippen LogP) is 2.80. The Morgan fingerprint density at radius 2 is 2.09 bits per heavy atom. The van der Waals surface area contributed by atoms with E-state index in [2.05, 4.69) is 21.8 Å². The zero-order valence-electron chi connectivity index (χ0n) is 12.3. The summed E-state index contributed by atoms with van der Waals surface area (Å²) in [7, 11) is 0. The van der Waals surface area contributed by atoms with Crippen molar-refractivity contribution in [2.45, 2.75) is 12.8 Å². The molecule has 0 saturated heterocycles. The summed E-state index contributed by atoms with van der Waals surface area (Å²) in [6.07, 6.45) is 1.70. The third-order valence-corrected chi connectivity index (χ3v) is 3.86. The number of ether oxygens (including phenoxy) is 1. The van der Waals surface area contributed by atoms with Gasteiger partial charge in [0.25, 0.3) is 0 Å². The van der Waals surface area contributed by atoms with Gasteiger partial charge in [0.15, 0.2) is 5.96 Å². The summed E-state index contributed by atoms with van der Waals surface area (Å²) in [5.41, 5.74) is 5.78. The van der Waals surface area contributed by atoms with Crippen molar-refractivity contribution >= 4 is 17.3 Å². The van der Waals surface area contributed by atoms with E-state index in [1.807, 2.05) is 6.07 Å². The van der Waals surface area contributed by atoms with Gasteiger partial charge < -0.3 is 15.8 Å². The van der Waals surface area contributed by atoms with E-state index in [1.54, 1.807) is 23.5 Å². The molecule has 0 fully saturated rings. The van der Waals surface area contributed by atoms with Gasteiger partial charge in [-0.1, -0.05) is 6.07 Å². The average molecular weight is 321 g/mol. The molecule has 0 bridgehead atoms. The number of thiophene rings is 1. The van der Waals surface area contributed by atoms with Gasteiger partial charge in [0, 0.05) is 24.4 Å². The van der Waals surface area contributed by atoms with Gasteiger partial charge in [-0.15, -0.1) is 11.3 Å². The molecule has 0 unspecified atom stereocenters. The van der Waals surface area contributed by atoms with Crippen molar-refractivity contribution < 1.29 is 9.13 Å². The first-order valence-electron chi connectivity index (χ1n) is 7.18. The lowest BCUT2D eigenvalue weighted by Crippen LogP contribution is -2.33. The molecule has 0 amide bonds. The van der Waals surface area contributed by atoms with Crippen molar-refractivity contribution in [1.29, 1.82) is 0 Å². The summed E-state index contributed by atoms with van der Waals surface area (Å²) in [5, 5.41) is 5.15. The minimum absolute atomic E-state index is 0.265. The van der Waals surface area contributed by atoms with Crippen LogP contribution in [0.1, 0.15) is 11.3 Å². The Balaban J connectivity index is 1.55. The lowest BCUT2D eigenvalue weighted by Gasteiger charge is -2.06. The largest absolute Gasteiger partial charge is 0.494 e. The molecule has 1 aromatic carbocycles. The number of hydrogen-bond acceptors (Lipinski definition) is 3. The molecule has 4 nitrogen and oxygen atoms in total. The fraction of sp³-hybridized carbons (Fsp3) is 0.312. The summed E-state index contributed by atoms with van der Waals surface area (Å²) < 4.78 is 18.2. The van der Waals surface area contributed by atoms with E-state index >= 15 is 0 Å². The fourth-order valence-corrected chi connectivity index (χ4v) is 2.52. The second-order valence-corrected chi connectivity index (χ2v) is 5.71. The van der Waals surface area contributed by atoms with Crippen LogP contribution in [-0.2, 0) is 6.42 Å². The number of nitrogens with one attached hydrogen (secondary N) is 1.